The largest absolute Gasteiger partial charge is 0.300 e. The van der Waals surface area contributed by atoms with Crippen LogP contribution < -0.4 is 5.90 Å². The number of hydrogen-bond acceptors (Lipinski definition) is 3. The zero-order valence-electron chi connectivity index (χ0n) is 13.4. The standard InChI is InChI=1S/C20H24N2O/c21-23-20-9-5-15-22(16-20)14-4-6-17-10-12-19(13-11-17)18-7-2-1-3-8-18/h1-4,6-8,10-13,20H,5,9,14-16,21H2/b6-4+. The highest BCUT2D eigenvalue weighted by Gasteiger charge is 2.18. The van der Waals surface area contributed by atoms with Crippen LogP contribution in [0.3, 0.4) is 0 Å². The van der Waals surface area contributed by atoms with Crippen LogP contribution >= 0.6 is 0 Å². The molecule has 0 bridgehead atoms. The van der Waals surface area contributed by atoms with E-state index in [1.807, 2.05) is 6.07 Å². The summed E-state index contributed by atoms with van der Waals surface area (Å²) in [5.41, 5.74) is 3.74. The summed E-state index contributed by atoms with van der Waals surface area (Å²) in [5, 5.41) is 0. The second-order valence-corrected chi connectivity index (χ2v) is 6.05. The van der Waals surface area contributed by atoms with Crippen LogP contribution in [0, 0.1) is 0 Å². The molecule has 2 N–H and O–H groups in total. The molecular weight excluding hydrogens is 284 g/mol. The fourth-order valence-electron chi connectivity index (χ4n) is 3.05. The van der Waals surface area contributed by atoms with E-state index in [-0.39, 0.29) is 6.10 Å². The maximum atomic E-state index is 5.30. The van der Waals surface area contributed by atoms with Crippen LogP contribution in [0.15, 0.2) is 60.7 Å². The average molecular weight is 308 g/mol. The summed E-state index contributed by atoms with van der Waals surface area (Å²) in [4.78, 5) is 7.36. The molecule has 0 aliphatic carbocycles. The van der Waals surface area contributed by atoms with Gasteiger partial charge in [-0.25, -0.2) is 5.90 Å². The van der Waals surface area contributed by atoms with Gasteiger partial charge in [-0.3, -0.25) is 9.74 Å². The molecule has 1 aliphatic heterocycles. The Bertz CT molecular complexity index is 622. The number of piperidine rings is 1. The van der Waals surface area contributed by atoms with Gasteiger partial charge in [-0.05, 0) is 36.1 Å². The first-order valence-corrected chi connectivity index (χ1v) is 8.25. The summed E-state index contributed by atoms with van der Waals surface area (Å²) in [6, 6.07) is 19.1. The molecule has 0 radical (unpaired) electrons. The molecule has 0 spiro atoms. The van der Waals surface area contributed by atoms with Gasteiger partial charge >= 0.3 is 0 Å². The Morgan fingerprint density at radius 2 is 1.78 bits per heavy atom. The number of benzene rings is 2. The summed E-state index contributed by atoms with van der Waals surface area (Å²) in [7, 11) is 0. The van der Waals surface area contributed by atoms with Gasteiger partial charge < -0.3 is 0 Å². The Labute approximate surface area is 138 Å². The van der Waals surface area contributed by atoms with Gasteiger partial charge in [0.25, 0.3) is 0 Å². The minimum atomic E-state index is 0.183. The SMILES string of the molecule is NOC1CCCN(C/C=C/c2ccc(-c3ccccc3)cc2)C1. The van der Waals surface area contributed by atoms with Gasteiger partial charge in [-0.1, -0.05) is 66.7 Å². The van der Waals surface area contributed by atoms with Gasteiger partial charge in [0, 0.05) is 13.1 Å². The molecule has 3 heteroatoms. The van der Waals surface area contributed by atoms with E-state index in [9.17, 15) is 0 Å². The quantitative estimate of drug-likeness (QED) is 0.856. The molecule has 1 heterocycles. The summed E-state index contributed by atoms with van der Waals surface area (Å²) in [6.45, 7) is 2.99. The van der Waals surface area contributed by atoms with Gasteiger partial charge in [0.1, 0.15) is 0 Å². The van der Waals surface area contributed by atoms with Crippen molar-refractivity contribution in [2.24, 2.45) is 5.90 Å². The van der Waals surface area contributed by atoms with Crippen molar-refractivity contribution in [3.8, 4) is 11.1 Å². The first-order chi connectivity index (χ1) is 11.3. The topological polar surface area (TPSA) is 38.5 Å². The van der Waals surface area contributed by atoms with E-state index in [0.29, 0.717) is 0 Å². The molecule has 0 saturated carbocycles. The fraction of sp³-hybridized carbons (Fsp3) is 0.300. The van der Waals surface area contributed by atoms with E-state index < -0.39 is 0 Å². The lowest BCUT2D eigenvalue weighted by atomic mass is 10.0. The van der Waals surface area contributed by atoms with Crippen LogP contribution in [0.4, 0.5) is 0 Å². The number of rotatable bonds is 5. The predicted octanol–water partition coefficient (Wildman–Crippen LogP) is 3.72. The van der Waals surface area contributed by atoms with E-state index in [4.69, 9.17) is 10.7 Å². The molecule has 1 unspecified atom stereocenters. The van der Waals surface area contributed by atoms with Crippen molar-refractivity contribution < 1.29 is 4.84 Å². The van der Waals surface area contributed by atoms with Gasteiger partial charge in [-0.2, -0.15) is 0 Å². The first-order valence-electron chi connectivity index (χ1n) is 8.25. The molecule has 3 rings (SSSR count). The maximum Gasteiger partial charge on any atom is 0.0914 e. The van der Waals surface area contributed by atoms with E-state index >= 15 is 0 Å². The summed E-state index contributed by atoms with van der Waals surface area (Å²) < 4.78 is 0. The van der Waals surface area contributed by atoms with Crippen LogP contribution in [0.5, 0.6) is 0 Å². The molecule has 3 nitrogen and oxygen atoms in total. The van der Waals surface area contributed by atoms with Crippen molar-refractivity contribution in [1.29, 1.82) is 0 Å². The minimum Gasteiger partial charge on any atom is -0.300 e. The normalized spacial score (nSPS) is 19.3. The fourth-order valence-corrected chi connectivity index (χ4v) is 3.05. The Kier molecular flexibility index (Phi) is 5.59. The third-order valence-corrected chi connectivity index (χ3v) is 4.35. The van der Waals surface area contributed by atoms with Crippen molar-refractivity contribution in [2.75, 3.05) is 19.6 Å². The molecule has 0 amide bonds. The van der Waals surface area contributed by atoms with Gasteiger partial charge in [0.05, 0.1) is 6.10 Å². The van der Waals surface area contributed by atoms with Crippen molar-refractivity contribution >= 4 is 6.08 Å². The molecule has 1 saturated heterocycles. The summed E-state index contributed by atoms with van der Waals surface area (Å²) >= 11 is 0. The molecule has 2 aromatic carbocycles. The van der Waals surface area contributed by atoms with Gasteiger partial charge in [0.2, 0.25) is 0 Å². The number of likely N-dealkylation sites (tertiary alicyclic amines) is 1. The highest BCUT2D eigenvalue weighted by molar-refractivity contribution is 5.65. The van der Waals surface area contributed by atoms with Crippen LogP contribution in [0.1, 0.15) is 18.4 Å². The maximum absolute atomic E-state index is 5.30. The highest BCUT2D eigenvalue weighted by Crippen LogP contribution is 2.19. The zero-order valence-corrected chi connectivity index (χ0v) is 13.4. The molecule has 23 heavy (non-hydrogen) atoms. The Morgan fingerprint density at radius 3 is 2.52 bits per heavy atom. The second kappa shape index (κ2) is 8.06. The first kappa shape index (κ1) is 15.9. The lowest BCUT2D eigenvalue weighted by Crippen LogP contribution is -2.40. The van der Waals surface area contributed by atoms with Crippen LogP contribution in [-0.2, 0) is 4.84 Å². The highest BCUT2D eigenvalue weighted by atomic mass is 16.6. The smallest absolute Gasteiger partial charge is 0.0914 e. The van der Waals surface area contributed by atoms with Crippen molar-refractivity contribution in [3.63, 3.8) is 0 Å². The molecule has 0 aromatic heterocycles. The molecule has 1 aliphatic rings. The second-order valence-electron chi connectivity index (χ2n) is 6.05. The van der Waals surface area contributed by atoms with Gasteiger partial charge in [-0.15, -0.1) is 0 Å². The molecule has 2 aromatic rings. The number of nitrogens with two attached hydrogens (primary N) is 1. The molecule has 1 atom stereocenters. The van der Waals surface area contributed by atoms with Crippen LogP contribution in [0.2, 0.25) is 0 Å². The number of hydrogen-bond donors (Lipinski definition) is 1. The lowest BCUT2D eigenvalue weighted by molar-refractivity contribution is 0.00172. The van der Waals surface area contributed by atoms with Crippen molar-refractivity contribution in [3.05, 3.63) is 66.2 Å². The van der Waals surface area contributed by atoms with E-state index in [0.717, 1.165) is 32.5 Å². The Balaban J connectivity index is 1.56. The van der Waals surface area contributed by atoms with Crippen LogP contribution in [0.25, 0.3) is 17.2 Å². The lowest BCUT2D eigenvalue weighted by Gasteiger charge is -2.30. The van der Waals surface area contributed by atoms with Crippen LogP contribution in [-0.4, -0.2) is 30.6 Å². The van der Waals surface area contributed by atoms with Crippen molar-refractivity contribution in [1.82, 2.24) is 4.90 Å². The van der Waals surface area contributed by atoms with E-state index in [1.165, 1.54) is 16.7 Å². The third kappa shape index (κ3) is 4.52. The third-order valence-electron chi connectivity index (χ3n) is 4.35. The van der Waals surface area contributed by atoms with E-state index in [2.05, 4.69) is 65.6 Å². The van der Waals surface area contributed by atoms with E-state index in [1.54, 1.807) is 0 Å². The summed E-state index contributed by atoms with van der Waals surface area (Å²) in [5.74, 6) is 5.30. The Morgan fingerprint density at radius 1 is 1.04 bits per heavy atom. The predicted molar refractivity (Wildman–Crippen MR) is 95.6 cm³/mol. The number of nitrogens with zero attached hydrogens (tertiary/aromatic N) is 1. The zero-order chi connectivity index (χ0) is 15.9. The molecule has 120 valence electrons. The monoisotopic (exact) mass is 308 g/mol. The summed E-state index contributed by atoms with van der Waals surface area (Å²) in [6.07, 6.45) is 6.80. The minimum absolute atomic E-state index is 0.183. The molecule has 1 fully saturated rings. The average Bonchev–Trinajstić information content (AvgIpc) is 2.63. The molecular formula is C20H24N2O. The van der Waals surface area contributed by atoms with Gasteiger partial charge in [0.15, 0.2) is 0 Å². The van der Waals surface area contributed by atoms with Crippen molar-refractivity contribution in [2.45, 2.75) is 18.9 Å². The Hall–Kier alpha value is -1.94.